The summed E-state index contributed by atoms with van der Waals surface area (Å²) in [6.45, 7) is 3.62. The predicted octanol–water partition coefficient (Wildman–Crippen LogP) is 3.17. The number of nitrogens with one attached hydrogen (secondary N) is 2. The first-order chi connectivity index (χ1) is 11.7. The van der Waals surface area contributed by atoms with E-state index in [2.05, 4.69) is 20.8 Å². The maximum atomic E-state index is 12.0. The number of anilines is 2. The summed E-state index contributed by atoms with van der Waals surface area (Å²) in [6, 6.07) is 7.74. The third-order valence-electron chi connectivity index (χ3n) is 3.57. The van der Waals surface area contributed by atoms with Gasteiger partial charge in [-0.15, -0.1) is 10.2 Å². The summed E-state index contributed by atoms with van der Waals surface area (Å²) in [5, 5.41) is 15.1. The molecule has 24 heavy (non-hydrogen) atoms. The highest BCUT2D eigenvalue weighted by molar-refractivity contribution is 8.01. The molecule has 1 fully saturated rings. The van der Waals surface area contributed by atoms with Crippen LogP contribution in [0.1, 0.15) is 18.4 Å². The number of ether oxygens (including phenoxy) is 1. The molecule has 2 heterocycles. The fourth-order valence-electron chi connectivity index (χ4n) is 2.31. The molecular weight excluding hydrogens is 344 g/mol. The van der Waals surface area contributed by atoms with Crippen molar-refractivity contribution in [3.63, 3.8) is 0 Å². The zero-order chi connectivity index (χ0) is 16.8. The lowest BCUT2D eigenvalue weighted by atomic mass is 10.2. The highest BCUT2D eigenvalue weighted by Gasteiger charge is 2.16. The Labute approximate surface area is 149 Å². The van der Waals surface area contributed by atoms with Gasteiger partial charge < -0.3 is 15.4 Å². The van der Waals surface area contributed by atoms with Gasteiger partial charge in [-0.3, -0.25) is 4.79 Å². The quantitative estimate of drug-likeness (QED) is 0.735. The number of rotatable bonds is 7. The fourth-order valence-corrected chi connectivity index (χ4v) is 3.87. The zero-order valence-electron chi connectivity index (χ0n) is 13.4. The predicted molar refractivity (Wildman–Crippen MR) is 97.9 cm³/mol. The summed E-state index contributed by atoms with van der Waals surface area (Å²) in [7, 11) is 0. The Morgan fingerprint density at radius 2 is 2.21 bits per heavy atom. The van der Waals surface area contributed by atoms with Crippen LogP contribution in [-0.2, 0) is 9.53 Å². The minimum Gasteiger partial charge on any atom is -0.376 e. The molecule has 1 saturated heterocycles. The van der Waals surface area contributed by atoms with Crippen molar-refractivity contribution in [3.05, 3.63) is 29.8 Å². The second-order valence-electron chi connectivity index (χ2n) is 5.59. The maximum absolute atomic E-state index is 12.0. The van der Waals surface area contributed by atoms with Gasteiger partial charge in [-0.05, 0) is 31.9 Å². The van der Waals surface area contributed by atoms with Crippen molar-refractivity contribution in [3.8, 4) is 0 Å². The lowest BCUT2D eigenvalue weighted by Crippen LogP contribution is -2.18. The summed E-state index contributed by atoms with van der Waals surface area (Å²) in [5.41, 5.74) is 1.97. The summed E-state index contributed by atoms with van der Waals surface area (Å²) in [4.78, 5) is 12.0. The Morgan fingerprint density at radius 3 is 2.96 bits per heavy atom. The number of benzene rings is 1. The number of amides is 1. The minimum absolute atomic E-state index is 0.0482. The van der Waals surface area contributed by atoms with Crippen LogP contribution in [0.15, 0.2) is 28.6 Å². The molecule has 1 aromatic heterocycles. The topological polar surface area (TPSA) is 76.1 Å². The van der Waals surface area contributed by atoms with E-state index in [1.807, 2.05) is 31.2 Å². The van der Waals surface area contributed by atoms with Gasteiger partial charge in [0.25, 0.3) is 0 Å². The first kappa shape index (κ1) is 17.2. The molecule has 3 rings (SSSR count). The second-order valence-corrected chi connectivity index (χ2v) is 7.79. The molecule has 8 heteroatoms. The second kappa shape index (κ2) is 8.46. The van der Waals surface area contributed by atoms with Crippen LogP contribution in [0, 0.1) is 6.92 Å². The molecule has 0 radical (unpaired) electrons. The van der Waals surface area contributed by atoms with Gasteiger partial charge in [0.15, 0.2) is 4.34 Å². The zero-order valence-corrected chi connectivity index (χ0v) is 15.1. The van der Waals surface area contributed by atoms with Crippen LogP contribution >= 0.6 is 23.1 Å². The van der Waals surface area contributed by atoms with Crippen molar-refractivity contribution in [1.82, 2.24) is 10.2 Å². The van der Waals surface area contributed by atoms with E-state index in [0.29, 0.717) is 5.75 Å². The molecule has 128 valence electrons. The Kier molecular flexibility index (Phi) is 6.06. The van der Waals surface area contributed by atoms with Crippen LogP contribution in [0.4, 0.5) is 10.8 Å². The van der Waals surface area contributed by atoms with Gasteiger partial charge in [-0.1, -0.05) is 40.8 Å². The van der Waals surface area contributed by atoms with E-state index in [1.54, 1.807) is 0 Å². The molecule has 0 spiro atoms. The molecule has 1 aromatic carbocycles. The van der Waals surface area contributed by atoms with E-state index in [-0.39, 0.29) is 12.0 Å². The van der Waals surface area contributed by atoms with Crippen molar-refractivity contribution in [2.75, 3.05) is 29.5 Å². The Bertz CT molecular complexity index is 669. The lowest BCUT2D eigenvalue weighted by molar-refractivity contribution is -0.113. The third-order valence-corrected chi connectivity index (χ3v) is 5.59. The first-order valence-corrected chi connectivity index (χ1v) is 9.67. The molecule has 0 bridgehead atoms. The number of hydrogen-bond donors (Lipinski definition) is 2. The number of aryl methyl sites for hydroxylation is 1. The van der Waals surface area contributed by atoms with Crippen LogP contribution in [-0.4, -0.2) is 41.1 Å². The standard InChI is InChI=1S/C16H20N4O2S2/c1-11-4-6-12(7-5-11)18-14(21)10-23-16-20-19-15(24-16)17-9-13-3-2-8-22-13/h4-7,13H,2-3,8-10H2,1H3,(H,17,19)(H,18,21). The number of nitrogens with zero attached hydrogens (tertiary/aromatic N) is 2. The molecule has 1 aliphatic rings. The van der Waals surface area contributed by atoms with Crippen LogP contribution in [0.25, 0.3) is 0 Å². The van der Waals surface area contributed by atoms with E-state index < -0.39 is 0 Å². The summed E-state index contributed by atoms with van der Waals surface area (Å²) < 4.78 is 6.34. The van der Waals surface area contributed by atoms with Gasteiger partial charge in [0, 0.05) is 18.8 Å². The van der Waals surface area contributed by atoms with Crippen molar-refractivity contribution in [2.24, 2.45) is 0 Å². The van der Waals surface area contributed by atoms with E-state index >= 15 is 0 Å². The maximum Gasteiger partial charge on any atom is 0.234 e. The monoisotopic (exact) mass is 364 g/mol. The molecule has 6 nitrogen and oxygen atoms in total. The Balaban J connectivity index is 1.41. The van der Waals surface area contributed by atoms with Gasteiger partial charge in [0.2, 0.25) is 11.0 Å². The van der Waals surface area contributed by atoms with Crippen LogP contribution in [0.2, 0.25) is 0 Å². The molecule has 2 aromatic rings. The van der Waals surface area contributed by atoms with E-state index in [0.717, 1.165) is 41.2 Å². The molecule has 1 unspecified atom stereocenters. The van der Waals surface area contributed by atoms with Gasteiger partial charge in [-0.2, -0.15) is 0 Å². The van der Waals surface area contributed by atoms with E-state index in [4.69, 9.17) is 4.74 Å². The number of thioether (sulfide) groups is 1. The number of carbonyl (C=O) groups excluding carboxylic acids is 1. The average molecular weight is 364 g/mol. The summed E-state index contributed by atoms with van der Waals surface area (Å²) >= 11 is 2.85. The lowest BCUT2D eigenvalue weighted by Gasteiger charge is -2.08. The number of hydrogen-bond acceptors (Lipinski definition) is 7. The smallest absolute Gasteiger partial charge is 0.234 e. The molecule has 2 N–H and O–H groups in total. The number of aromatic nitrogens is 2. The van der Waals surface area contributed by atoms with Crippen LogP contribution in [0.5, 0.6) is 0 Å². The molecule has 1 amide bonds. The Hall–Kier alpha value is -1.64. The van der Waals surface area contributed by atoms with Crippen molar-refractivity contribution < 1.29 is 9.53 Å². The molecule has 1 atom stereocenters. The van der Waals surface area contributed by atoms with Crippen molar-refractivity contribution in [1.29, 1.82) is 0 Å². The molecule has 0 saturated carbocycles. The first-order valence-electron chi connectivity index (χ1n) is 7.87. The summed E-state index contributed by atoms with van der Waals surface area (Å²) in [6.07, 6.45) is 2.48. The highest BCUT2D eigenvalue weighted by atomic mass is 32.2. The van der Waals surface area contributed by atoms with Gasteiger partial charge in [-0.25, -0.2) is 0 Å². The van der Waals surface area contributed by atoms with Crippen molar-refractivity contribution in [2.45, 2.75) is 30.2 Å². The molecule has 0 aliphatic carbocycles. The van der Waals surface area contributed by atoms with Crippen LogP contribution < -0.4 is 10.6 Å². The SMILES string of the molecule is Cc1ccc(NC(=O)CSc2nnc(NCC3CCCO3)s2)cc1. The van der Waals surface area contributed by atoms with Crippen LogP contribution in [0.3, 0.4) is 0 Å². The van der Waals surface area contributed by atoms with E-state index in [1.165, 1.54) is 28.7 Å². The van der Waals surface area contributed by atoms with Gasteiger partial charge in [0.05, 0.1) is 11.9 Å². The normalized spacial score (nSPS) is 17.0. The largest absolute Gasteiger partial charge is 0.376 e. The summed E-state index contributed by atoms with van der Waals surface area (Å²) in [5.74, 6) is 0.266. The minimum atomic E-state index is -0.0482. The van der Waals surface area contributed by atoms with E-state index in [9.17, 15) is 4.79 Å². The van der Waals surface area contributed by atoms with Crippen molar-refractivity contribution >= 4 is 39.8 Å². The average Bonchev–Trinajstić information content (AvgIpc) is 3.25. The molecule has 1 aliphatic heterocycles. The molecular formula is C16H20N4O2S2. The highest BCUT2D eigenvalue weighted by Crippen LogP contribution is 2.26. The number of carbonyl (C=O) groups is 1. The van der Waals surface area contributed by atoms with Gasteiger partial charge in [0.1, 0.15) is 0 Å². The Morgan fingerprint density at radius 1 is 1.38 bits per heavy atom. The van der Waals surface area contributed by atoms with Gasteiger partial charge >= 0.3 is 0 Å². The third kappa shape index (κ3) is 5.19. The fraction of sp³-hybridized carbons (Fsp3) is 0.438.